The molecule has 2 unspecified atom stereocenters. The molecule has 0 aliphatic carbocycles. The third-order valence-corrected chi connectivity index (χ3v) is 2.34. The van der Waals surface area contributed by atoms with E-state index in [1.54, 1.807) is 0 Å². The van der Waals surface area contributed by atoms with E-state index in [2.05, 4.69) is 25.8 Å². The lowest BCUT2D eigenvalue weighted by Crippen LogP contribution is -2.34. The molecular formula is C8H15NO. The van der Waals surface area contributed by atoms with Gasteiger partial charge in [-0.1, -0.05) is 6.92 Å². The second-order valence-corrected chi connectivity index (χ2v) is 3.09. The van der Waals surface area contributed by atoms with Crippen LogP contribution in [0.5, 0.6) is 0 Å². The van der Waals surface area contributed by atoms with E-state index in [1.807, 2.05) is 6.92 Å². The Morgan fingerprint density at radius 3 is 2.50 bits per heavy atom. The molecule has 10 heavy (non-hydrogen) atoms. The van der Waals surface area contributed by atoms with Crippen molar-refractivity contribution in [1.82, 2.24) is 0 Å². The fourth-order valence-electron chi connectivity index (χ4n) is 1.23. The van der Waals surface area contributed by atoms with Crippen molar-refractivity contribution in [1.29, 1.82) is 0 Å². The Labute approximate surface area is 62.3 Å². The van der Waals surface area contributed by atoms with Gasteiger partial charge in [0.15, 0.2) is 5.90 Å². The summed E-state index contributed by atoms with van der Waals surface area (Å²) in [7, 11) is 0. The van der Waals surface area contributed by atoms with Gasteiger partial charge in [-0.05, 0) is 20.3 Å². The summed E-state index contributed by atoms with van der Waals surface area (Å²) in [6.07, 6.45) is 1.02. The van der Waals surface area contributed by atoms with E-state index in [0.29, 0.717) is 6.04 Å². The predicted molar refractivity (Wildman–Crippen MR) is 42.4 cm³/mol. The van der Waals surface area contributed by atoms with Crippen LogP contribution in [0.2, 0.25) is 0 Å². The third kappa shape index (κ3) is 1.02. The average molecular weight is 141 g/mol. The van der Waals surface area contributed by atoms with Crippen LogP contribution >= 0.6 is 0 Å². The molecule has 0 saturated carbocycles. The van der Waals surface area contributed by atoms with Gasteiger partial charge in [-0.2, -0.15) is 0 Å². The maximum Gasteiger partial charge on any atom is 0.181 e. The summed E-state index contributed by atoms with van der Waals surface area (Å²) in [5.41, 5.74) is -0.0376. The zero-order valence-corrected chi connectivity index (χ0v) is 7.14. The molecular weight excluding hydrogens is 126 g/mol. The highest BCUT2D eigenvalue weighted by Crippen LogP contribution is 2.27. The highest BCUT2D eigenvalue weighted by molar-refractivity contribution is 5.75. The second-order valence-electron chi connectivity index (χ2n) is 3.09. The minimum Gasteiger partial charge on any atom is -0.473 e. The van der Waals surface area contributed by atoms with Gasteiger partial charge in [-0.15, -0.1) is 0 Å². The Hall–Kier alpha value is -0.530. The van der Waals surface area contributed by atoms with E-state index in [9.17, 15) is 0 Å². The molecule has 2 atom stereocenters. The van der Waals surface area contributed by atoms with Gasteiger partial charge in [0.2, 0.25) is 0 Å². The van der Waals surface area contributed by atoms with Crippen LogP contribution in [0, 0.1) is 0 Å². The Balaban J connectivity index is 2.70. The van der Waals surface area contributed by atoms with Crippen LogP contribution in [0.15, 0.2) is 4.99 Å². The first-order valence-corrected chi connectivity index (χ1v) is 3.82. The number of ether oxygens (including phenoxy) is 1. The average Bonchev–Trinajstić information content (AvgIpc) is 2.09. The van der Waals surface area contributed by atoms with Crippen LogP contribution in [-0.4, -0.2) is 17.5 Å². The third-order valence-electron chi connectivity index (χ3n) is 2.34. The predicted octanol–water partition coefficient (Wildman–Crippen LogP) is 1.99. The Bertz CT molecular complexity index is 165. The molecule has 0 radical (unpaired) electrons. The van der Waals surface area contributed by atoms with Gasteiger partial charge < -0.3 is 4.74 Å². The Kier molecular flexibility index (Phi) is 1.71. The fraction of sp³-hybridized carbons (Fsp3) is 0.875. The Morgan fingerprint density at radius 2 is 2.30 bits per heavy atom. The topological polar surface area (TPSA) is 21.6 Å². The van der Waals surface area contributed by atoms with Crippen molar-refractivity contribution in [3.63, 3.8) is 0 Å². The minimum absolute atomic E-state index is 0.0376. The summed E-state index contributed by atoms with van der Waals surface area (Å²) in [5.74, 6) is 0.830. The summed E-state index contributed by atoms with van der Waals surface area (Å²) >= 11 is 0. The van der Waals surface area contributed by atoms with Crippen LogP contribution in [0.4, 0.5) is 0 Å². The van der Waals surface area contributed by atoms with Crippen molar-refractivity contribution in [3.8, 4) is 0 Å². The number of aliphatic imine (C=N–C) groups is 1. The van der Waals surface area contributed by atoms with Gasteiger partial charge in [-0.3, -0.25) is 0 Å². The highest BCUT2D eigenvalue weighted by Gasteiger charge is 2.36. The van der Waals surface area contributed by atoms with Crippen LogP contribution in [0.1, 0.15) is 34.1 Å². The van der Waals surface area contributed by atoms with Gasteiger partial charge >= 0.3 is 0 Å². The van der Waals surface area contributed by atoms with E-state index < -0.39 is 0 Å². The number of hydrogen-bond acceptors (Lipinski definition) is 2. The largest absolute Gasteiger partial charge is 0.473 e. The zero-order chi connectivity index (χ0) is 7.78. The first-order valence-electron chi connectivity index (χ1n) is 3.82. The molecule has 2 heteroatoms. The molecule has 2 nitrogen and oxygen atoms in total. The van der Waals surface area contributed by atoms with Crippen molar-refractivity contribution in [2.75, 3.05) is 0 Å². The molecule has 1 aliphatic rings. The van der Waals surface area contributed by atoms with Crippen LogP contribution in [0.25, 0.3) is 0 Å². The lowest BCUT2D eigenvalue weighted by molar-refractivity contribution is 0.0762. The summed E-state index contributed by atoms with van der Waals surface area (Å²) < 4.78 is 5.56. The van der Waals surface area contributed by atoms with Crippen LogP contribution in [0.3, 0.4) is 0 Å². The van der Waals surface area contributed by atoms with Crippen molar-refractivity contribution in [2.24, 2.45) is 4.99 Å². The van der Waals surface area contributed by atoms with Gasteiger partial charge in [-0.25, -0.2) is 4.99 Å². The fourth-order valence-corrected chi connectivity index (χ4v) is 1.23. The summed E-state index contributed by atoms with van der Waals surface area (Å²) in [6, 6.07) is 0.317. The number of nitrogens with zero attached hydrogens (tertiary/aromatic N) is 1. The lowest BCUT2D eigenvalue weighted by Gasteiger charge is -2.25. The number of rotatable bonds is 1. The molecule has 0 fully saturated rings. The first kappa shape index (κ1) is 7.58. The molecule has 1 rings (SSSR count). The van der Waals surface area contributed by atoms with E-state index >= 15 is 0 Å². The van der Waals surface area contributed by atoms with Gasteiger partial charge in [0, 0.05) is 6.92 Å². The van der Waals surface area contributed by atoms with Crippen molar-refractivity contribution < 1.29 is 4.74 Å². The molecule has 0 saturated heterocycles. The molecule has 0 aromatic heterocycles. The number of hydrogen-bond donors (Lipinski definition) is 0. The summed E-state index contributed by atoms with van der Waals surface area (Å²) in [4.78, 5) is 4.31. The quantitative estimate of drug-likeness (QED) is 0.547. The smallest absolute Gasteiger partial charge is 0.181 e. The maximum atomic E-state index is 5.56. The monoisotopic (exact) mass is 141 g/mol. The van der Waals surface area contributed by atoms with E-state index in [4.69, 9.17) is 4.74 Å². The van der Waals surface area contributed by atoms with Crippen molar-refractivity contribution >= 4 is 5.90 Å². The van der Waals surface area contributed by atoms with Gasteiger partial charge in [0.1, 0.15) is 5.60 Å². The highest BCUT2D eigenvalue weighted by atomic mass is 16.5. The van der Waals surface area contributed by atoms with Gasteiger partial charge in [0.05, 0.1) is 6.04 Å². The summed E-state index contributed by atoms with van der Waals surface area (Å²) in [5, 5.41) is 0. The first-order chi connectivity index (χ1) is 4.58. The molecule has 0 aromatic rings. The molecule has 1 aliphatic heterocycles. The van der Waals surface area contributed by atoms with Crippen LogP contribution in [-0.2, 0) is 4.74 Å². The van der Waals surface area contributed by atoms with E-state index in [0.717, 1.165) is 12.3 Å². The normalized spacial score (nSPS) is 39.2. The molecule has 58 valence electrons. The molecule has 0 spiro atoms. The van der Waals surface area contributed by atoms with E-state index in [1.165, 1.54) is 0 Å². The molecule has 0 amide bonds. The van der Waals surface area contributed by atoms with Gasteiger partial charge in [0.25, 0.3) is 0 Å². The molecule has 0 aromatic carbocycles. The van der Waals surface area contributed by atoms with E-state index in [-0.39, 0.29) is 5.60 Å². The van der Waals surface area contributed by atoms with Crippen molar-refractivity contribution in [2.45, 2.75) is 45.8 Å². The zero-order valence-electron chi connectivity index (χ0n) is 7.14. The lowest BCUT2D eigenvalue weighted by atomic mass is 9.96. The maximum absolute atomic E-state index is 5.56. The summed E-state index contributed by atoms with van der Waals surface area (Å²) in [6.45, 7) is 8.25. The molecule has 0 bridgehead atoms. The van der Waals surface area contributed by atoms with Crippen LogP contribution < -0.4 is 0 Å². The molecule has 1 heterocycles. The SMILES string of the molecule is CCC1(C)OC(C)=NC1C. The Morgan fingerprint density at radius 1 is 1.70 bits per heavy atom. The van der Waals surface area contributed by atoms with Crippen molar-refractivity contribution in [3.05, 3.63) is 0 Å². The standard InChI is InChI=1S/C8H15NO/c1-5-8(4)6(2)9-7(3)10-8/h6H,5H2,1-4H3. The second kappa shape index (κ2) is 2.26. The minimum atomic E-state index is -0.0376. The molecule has 0 N–H and O–H groups in total.